The molecule has 156 valence electrons. The van der Waals surface area contributed by atoms with E-state index < -0.39 is 0 Å². The fraction of sp³-hybridized carbons (Fsp3) is 0.952. The Balaban J connectivity index is 1.20. The number of piperazine rings is 1. The molecule has 6 heteroatoms. The molecular formula is C21H40N4O2. The van der Waals surface area contributed by atoms with E-state index in [0.29, 0.717) is 13.0 Å². The van der Waals surface area contributed by atoms with Crippen LogP contribution in [0.25, 0.3) is 0 Å². The molecule has 3 saturated heterocycles. The smallest absolute Gasteiger partial charge is 0.307 e. The summed E-state index contributed by atoms with van der Waals surface area (Å²) >= 11 is 0. The molecule has 0 aromatic rings. The number of carbonyl (C=O) groups excluding carboxylic acids is 1. The van der Waals surface area contributed by atoms with Crippen molar-refractivity contribution in [2.45, 2.75) is 51.0 Å². The molecule has 3 fully saturated rings. The molecule has 3 aliphatic rings. The molecule has 0 bridgehead atoms. The number of piperidine rings is 2. The van der Waals surface area contributed by atoms with Crippen molar-refractivity contribution in [3.63, 3.8) is 0 Å². The molecule has 0 aromatic heterocycles. The molecule has 3 aliphatic heterocycles. The third-order valence-electron chi connectivity index (χ3n) is 6.57. The molecule has 0 atom stereocenters. The quantitative estimate of drug-likeness (QED) is 0.470. The lowest BCUT2D eigenvalue weighted by atomic mass is 10.0. The summed E-state index contributed by atoms with van der Waals surface area (Å²) in [5, 5.41) is 0. The maximum Gasteiger partial charge on any atom is 0.307 e. The molecule has 0 N–H and O–H groups in total. The molecule has 0 spiro atoms. The number of nitrogens with zero attached hydrogens (tertiary/aromatic N) is 4. The number of hydrogen-bond donors (Lipinski definition) is 0. The van der Waals surface area contributed by atoms with Crippen LogP contribution >= 0.6 is 0 Å². The summed E-state index contributed by atoms with van der Waals surface area (Å²) in [7, 11) is 2.22. The minimum Gasteiger partial charge on any atom is -0.466 e. The van der Waals surface area contributed by atoms with Gasteiger partial charge in [-0.15, -0.1) is 0 Å². The van der Waals surface area contributed by atoms with Crippen LogP contribution in [-0.2, 0) is 9.53 Å². The van der Waals surface area contributed by atoms with Gasteiger partial charge in [0.2, 0.25) is 0 Å². The first-order chi connectivity index (χ1) is 13.2. The first-order valence-electron chi connectivity index (χ1n) is 11.2. The highest BCUT2D eigenvalue weighted by Crippen LogP contribution is 2.17. The fourth-order valence-corrected chi connectivity index (χ4v) is 4.69. The Morgan fingerprint density at radius 1 is 0.852 bits per heavy atom. The summed E-state index contributed by atoms with van der Waals surface area (Å²) in [6.07, 6.45) is 8.15. The molecule has 0 aromatic carbocycles. The minimum absolute atomic E-state index is 0.0219. The van der Waals surface area contributed by atoms with E-state index >= 15 is 0 Å². The molecule has 0 aliphatic carbocycles. The average molecular weight is 381 g/mol. The van der Waals surface area contributed by atoms with Crippen LogP contribution in [-0.4, -0.2) is 111 Å². The van der Waals surface area contributed by atoms with Gasteiger partial charge in [0.05, 0.1) is 13.0 Å². The van der Waals surface area contributed by atoms with Crippen molar-refractivity contribution in [3.05, 3.63) is 0 Å². The first-order valence-corrected chi connectivity index (χ1v) is 11.2. The molecule has 0 unspecified atom stereocenters. The summed E-state index contributed by atoms with van der Waals surface area (Å²) in [6, 6.07) is 0.771. The number of ether oxygens (including phenoxy) is 1. The molecule has 3 heterocycles. The van der Waals surface area contributed by atoms with Crippen LogP contribution in [0.15, 0.2) is 0 Å². The maximum atomic E-state index is 12.0. The van der Waals surface area contributed by atoms with Crippen molar-refractivity contribution < 1.29 is 9.53 Å². The van der Waals surface area contributed by atoms with Crippen LogP contribution in [0.5, 0.6) is 0 Å². The maximum absolute atomic E-state index is 12.0. The zero-order valence-electron chi connectivity index (χ0n) is 17.4. The van der Waals surface area contributed by atoms with Crippen molar-refractivity contribution in [1.29, 1.82) is 0 Å². The molecular weight excluding hydrogens is 340 g/mol. The fourth-order valence-electron chi connectivity index (χ4n) is 4.69. The van der Waals surface area contributed by atoms with Crippen LogP contribution in [0, 0.1) is 0 Å². The van der Waals surface area contributed by atoms with Gasteiger partial charge in [0.1, 0.15) is 0 Å². The second kappa shape index (κ2) is 11.3. The van der Waals surface area contributed by atoms with E-state index in [1.807, 2.05) is 0 Å². The van der Waals surface area contributed by atoms with Crippen molar-refractivity contribution in [1.82, 2.24) is 19.6 Å². The number of hydrogen-bond acceptors (Lipinski definition) is 6. The zero-order valence-corrected chi connectivity index (χ0v) is 17.4. The lowest BCUT2D eigenvalue weighted by Crippen LogP contribution is -2.53. The SMILES string of the molecule is CN1CCC(N2CCN(CCC(=O)OCCCN3CCCCC3)CC2)CC1. The summed E-state index contributed by atoms with van der Waals surface area (Å²) in [5.41, 5.74) is 0. The molecule has 27 heavy (non-hydrogen) atoms. The average Bonchev–Trinajstić information content (AvgIpc) is 2.71. The molecule has 3 rings (SSSR count). The lowest BCUT2D eigenvalue weighted by molar-refractivity contribution is -0.144. The van der Waals surface area contributed by atoms with Crippen LogP contribution in [0.3, 0.4) is 0 Å². The highest BCUT2D eigenvalue weighted by atomic mass is 16.5. The summed E-state index contributed by atoms with van der Waals surface area (Å²) in [6.45, 7) is 11.9. The number of rotatable bonds is 8. The van der Waals surface area contributed by atoms with Crippen LogP contribution in [0.2, 0.25) is 0 Å². The Bertz CT molecular complexity index is 426. The van der Waals surface area contributed by atoms with Gasteiger partial charge in [-0.2, -0.15) is 0 Å². The Labute approximate surface area is 165 Å². The zero-order chi connectivity index (χ0) is 18.9. The Kier molecular flexibility index (Phi) is 8.84. The molecule has 0 saturated carbocycles. The summed E-state index contributed by atoms with van der Waals surface area (Å²) < 4.78 is 5.44. The number of carbonyl (C=O) groups is 1. The van der Waals surface area contributed by atoms with Gasteiger partial charge < -0.3 is 19.4 Å². The van der Waals surface area contributed by atoms with Gasteiger partial charge in [0.25, 0.3) is 0 Å². The van der Waals surface area contributed by atoms with E-state index in [1.165, 1.54) is 58.3 Å². The third-order valence-corrected chi connectivity index (χ3v) is 6.57. The van der Waals surface area contributed by atoms with Gasteiger partial charge in [0.15, 0.2) is 0 Å². The standard InChI is InChI=1S/C21H40N4O2/c1-22-12-6-20(7-13-22)25-17-15-24(16-18-25)14-8-21(26)27-19-5-11-23-9-3-2-4-10-23/h20H,2-19H2,1H3. The van der Waals surface area contributed by atoms with E-state index in [1.54, 1.807) is 0 Å². The van der Waals surface area contributed by atoms with Crippen molar-refractivity contribution in [3.8, 4) is 0 Å². The van der Waals surface area contributed by atoms with Gasteiger partial charge in [-0.3, -0.25) is 9.69 Å². The van der Waals surface area contributed by atoms with Gasteiger partial charge in [-0.1, -0.05) is 6.42 Å². The van der Waals surface area contributed by atoms with Gasteiger partial charge in [0, 0.05) is 45.3 Å². The molecule has 6 nitrogen and oxygen atoms in total. The van der Waals surface area contributed by atoms with Gasteiger partial charge >= 0.3 is 5.97 Å². The van der Waals surface area contributed by atoms with E-state index in [0.717, 1.165) is 51.7 Å². The Morgan fingerprint density at radius 3 is 2.22 bits per heavy atom. The van der Waals surface area contributed by atoms with E-state index in [9.17, 15) is 4.79 Å². The van der Waals surface area contributed by atoms with E-state index in [4.69, 9.17) is 4.74 Å². The second-order valence-electron chi connectivity index (χ2n) is 8.64. The van der Waals surface area contributed by atoms with E-state index in [2.05, 4.69) is 26.6 Å². The van der Waals surface area contributed by atoms with Crippen molar-refractivity contribution >= 4 is 5.97 Å². The highest BCUT2D eigenvalue weighted by molar-refractivity contribution is 5.69. The van der Waals surface area contributed by atoms with Crippen molar-refractivity contribution in [2.24, 2.45) is 0 Å². The second-order valence-corrected chi connectivity index (χ2v) is 8.64. The Hall–Kier alpha value is -0.690. The summed E-state index contributed by atoms with van der Waals surface area (Å²) in [5.74, 6) is -0.0219. The van der Waals surface area contributed by atoms with Crippen LogP contribution in [0.1, 0.15) is 44.9 Å². The predicted octanol–water partition coefficient (Wildman–Crippen LogP) is 1.51. The number of esters is 1. The topological polar surface area (TPSA) is 39.3 Å². The monoisotopic (exact) mass is 380 g/mol. The minimum atomic E-state index is -0.0219. The lowest BCUT2D eigenvalue weighted by Gasteiger charge is -2.42. The molecule has 0 radical (unpaired) electrons. The highest BCUT2D eigenvalue weighted by Gasteiger charge is 2.26. The van der Waals surface area contributed by atoms with Crippen LogP contribution < -0.4 is 0 Å². The third kappa shape index (κ3) is 7.33. The normalized spacial score (nSPS) is 24.9. The first kappa shape index (κ1) is 21.0. The van der Waals surface area contributed by atoms with Gasteiger partial charge in [-0.05, 0) is 65.3 Å². The Morgan fingerprint density at radius 2 is 1.52 bits per heavy atom. The predicted molar refractivity (Wildman–Crippen MR) is 109 cm³/mol. The molecule has 0 amide bonds. The van der Waals surface area contributed by atoms with Crippen molar-refractivity contribution in [2.75, 3.05) is 79.1 Å². The number of likely N-dealkylation sites (tertiary alicyclic amines) is 2. The largest absolute Gasteiger partial charge is 0.466 e. The van der Waals surface area contributed by atoms with E-state index in [-0.39, 0.29) is 5.97 Å². The van der Waals surface area contributed by atoms with Gasteiger partial charge in [-0.25, -0.2) is 0 Å². The summed E-state index contributed by atoms with van der Waals surface area (Å²) in [4.78, 5) is 22.0. The van der Waals surface area contributed by atoms with Crippen LogP contribution in [0.4, 0.5) is 0 Å².